The number of hydrogen-bond acceptors (Lipinski definition) is 0. The summed E-state index contributed by atoms with van der Waals surface area (Å²) in [7, 11) is -6.00. The van der Waals surface area contributed by atoms with Crippen molar-refractivity contribution in [2.45, 2.75) is 0 Å². The number of allylic oxidation sites excluding steroid dienone is 5. The smallest absolute Gasteiger partial charge is 0.418 e. The minimum Gasteiger partial charge on any atom is -0.418 e. The van der Waals surface area contributed by atoms with Crippen molar-refractivity contribution in [2.75, 3.05) is 4.43 Å². The Morgan fingerprint density at radius 2 is 1.46 bits per heavy atom. The van der Waals surface area contributed by atoms with Crippen molar-refractivity contribution in [3.05, 3.63) is 34.5 Å². The molecular formula is C7H8BF4I. The molecule has 13 heavy (non-hydrogen) atoms. The molecule has 0 unspecified atom stereocenters. The molecule has 1 rings (SSSR count). The van der Waals surface area contributed by atoms with Crippen molar-refractivity contribution >= 4 is 7.25 Å². The molecule has 0 saturated heterocycles. The van der Waals surface area contributed by atoms with Gasteiger partial charge in [-0.1, -0.05) is 18.2 Å². The van der Waals surface area contributed by atoms with Crippen LogP contribution in [0, 0.1) is 0 Å². The maximum atomic E-state index is 9.75. The van der Waals surface area contributed by atoms with Gasteiger partial charge in [-0.15, -0.1) is 0 Å². The molecule has 0 fully saturated rings. The summed E-state index contributed by atoms with van der Waals surface area (Å²) in [5.41, 5.74) is 0. The molecule has 0 radical (unpaired) electrons. The second-order valence-corrected chi connectivity index (χ2v) is 4.42. The van der Waals surface area contributed by atoms with E-state index < -0.39 is 7.25 Å². The van der Waals surface area contributed by atoms with Crippen LogP contribution in [0.4, 0.5) is 17.3 Å². The van der Waals surface area contributed by atoms with E-state index >= 15 is 0 Å². The van der Waals surface area contributed by atoms with Crippen LogP contribution in [0.15, 0.2) is 34.5 Å². The molecule has 0 aliphatic carbocycles. The van der Waals surface area contributed by atoms with Crippen LogP contribution in [0.1, 0.15) is 0 Å². The van der Waals surface area contributed by atoms with Crippen LogP contribution in [-0.4, -0.2) is 11.7 Å². The summed E-state index contributed by atoms with van der Waals surface area (Å²) in [5.74, 6) is 0. The molecule has 0 aromatic rings. The molecule has 1 aliphatic rings. The van der Waals surface area contributed by atoms with Gasteiger partial charge in [0.1, 0.15) is 0 Å². The largest absolute Gasteiger partial charge is 0.673 e. The number of hydrogen-bond donors (Lipinski definition) is 0. The Balaban J connectivity index is 0.000000252. The minimum absolute atomic E-state index is 0.351. The van der Waals surface area contributed by atoms with E-state index in [1.54, 1.807) is 0 Å². The van der Waals surface area contributed by atoms with Gasteiger partial charge in [-0.2, -0.15) is 0 Å². The average molecular weight is 306 g/mol. The van der Waals surface area contributed by atoms with E-state index in [9.17, 15) is 17.3 Å². The van der Waals surface area contributed by atoms with E-state index in [1.807, 2.05) is 0 Å². The number of halogens is 5. The van der Waals surface area contributed by atoms with E-state index in [-0.39, 0.29) is 0 Å². The van der Waals surface area contributed by atoms with Crippen LogP contribution >= 0.6 is 0 Å². The third-order valence-electron chi connectivity index (χ3n) is 0.809. The fourth-order valence-corrected chi connectivity index (χ4v) is 1.87. The molecule has 0 saturated carbocycles. The SMILES string of the molecule is C1=C\C=C/[I+]C\C=C/1.F[B-](F)(F)F. The number of rotatable bonds is 0. The molecule has 0 nitrogen and oxygen atoms in total. The summed E-state index contributed by atoms with van der Waals surface area (Å²) in [5, 5.41) is 0. The Hall–Kier alpha value is -0.265. The highest BCUT2D eigenvalue weighted by molar-refractivity contribution is 6.50. The Labute approximate surface area is 84.8 Å². The fraction of sp³-hybridized carbons (Fsp3) is 0.143. The molecule has 0 N–H and O–H groups in total. The highest BCUT2D eigenvalue weighted by Crippen LogP contribution is 2.06. The third kappa shape index (κ3) is 18.6. The summed E-state index contributed by atoms with van der Waals surface area (Å²) in [6.07, 6.45) is 10.6. The molecule has 0 atom stereocenters. The lowest BCUT2D eigenvalue weighted by molar-refractivity contribution is -0.577. The van der Waals surface area contributed by atoms with Crippen LogP contribution in [0.25, 0.3) is 0 Å². The standard InChI is InChI=1S/C7H8I.BF4/c1-2-4-6-8-7-5-3-1;2-1(3,4)5/h1-6H,7H2;/q+1;-1/b2-1-,5-3-,6-4-;. The van der Waals surface area contributed by atoms with Gasteiger partial charge >= 0.3 is 28.5 Å². The van der Waals surface area contributed by atoms with Crippen molar-refractivity contribution < 1.29 is 38.5 Å². The first-order valence-electron chi connectivity index (χ1n) is 3.43. The highest BCUT2D eigenvalue weighted by atomic mass is 127. The Morgan fingerprint density at radius 3 is 2.08 bits per heavy atom. The predicted octanol–water partition coefficient (Wildman–Crippen LogP) is 0.0151. The Bertz CT molecular complexity index is 185. The first kappa shape index (κ1) is 12.7. The molecule has 6 heteroatoms. The van der Waals surface area contributed by atoms with Crippen molar-refractivity contribution in [1.82, 2.24) is 0 Å². The zero-order valence-electron chi connectivity index (χ0n) is 6.64. The van der Waals surface area contributed by atoms with Crippen LogP contribution in [-0.2, 0) is 0 Å². The lowest BCUT2D eigenvalue weighted by Crippen LogP contribution is -3.59. The minimum atomic E-state index is -6.00. The zero-order chi connectivity index (χ0) is 10.2. The van der Waals surface area contributed by atoms with Crippen molar-refractivity contribution in [1.29, 1.82) is 0 Å². The summed E-state index contributed by atoms with van der Waals surface area (Å²) in [6, 6.07) is 0. The molecule has 0 bridgehead atoms. The van der Waals surface area contributed by atoms with Gasteiger partial charge < -0.3 is 17.3 Å². The van der Waals surface area contributed by atoms with Crippen molar-refractivity contribution in [2.24, 2.45) is 0 Å². The van der Waals surface area contributed by atoms with Crippen molar-refractivity contribution in [3.63, 3.8) is 0 Å². The third-order valence-corrected chi connectivity index (χ3v) is 2.75. The monoisotopic (exact) mass is 306 g/mol. The summed E-state index contributed by atoms with van der Waals surface area (Å²) in [6.45, 7) is 0. The topological polar surface area (TPSA) is 0 Å². The van der Waals surface area contributed by atoms with Gasteiger partial charge in [0.2, 0.25) is 0 Å². The normalized spacial score (nSPS) is 23.1. The van der Waals surface area contributed by atoms with Gasteiger partial charge in [0.15, 0.2) is 8.51 Å². The van der Waals surface area contributed by atoms with Gasteiger partial charge in [0.25, 0.3) is 0 Å². The molecule has 0 spiro atoms. The van der Waals surface area contributed by atoms with Crippen LogP contribution in [0.2, 0.25) is 0 Å². The Morgan fingerprint density at radius 1 is 0.923 bits per heavy atom. The van der Waals surface area contributed by atoms with E-state index in [0.717, 1.165) is 0 Å². The number of alkyl halides is 1. The van der Waals surface area contributed by atoms with E-state index in [0.29, 0.717) is 21.2 Å². The van der Waals surface area contributed by atoms with Gasteiger partial charge in [-0.05, 0) is 12.2 Å². The van der Waals surface area contributed by atoms with E-state index in [4.69, 9.17) is 0 Å². The summed E-state index contributed by atoms with van der Waals surface area (Å²) < 4.78 is 42.6. The maximum Gasteiger partial charge on any atom is 0.673 e. The molecule has 0 amide bonds. The first-order valence-corrected chi connectivity index (χ1v) is 6.20. The summed E-state index contributed by atoms with van der Waals surface area (Å²) in [4.78, 5) is 0. The van der Waals surface area contributed by atoms with Gasteiger partial charge in [-0.3, -0.25) is 0 Å². The molecule has 1 heterocycles. The molecule has 74 valence electrons. The lowest BCUT2D eigenvalue weighted by atomic mass is 10.3. The highest BCUT2D eigenvalue weighted by Gasteiger charge is 2.20. The van der Waals surface area contributed by atoms with Crippen LogP contribution in [0.3, 0.4) is 0 Å². The quantitative estimate of drug-likeness (QED) is 0.256. The van der Waals surface area contributed by atoms with E-state index in [2.05, 4.69) is 34.5 Å². The molecule has 0 aromatic carbocycles. The van der Waals surface area contributed by atoms with Crippen LogP contribution in [0.5, 0.6) is 0 Å². The molecule has 0 aromatic heterocycles. The van der Waals surface area contributed by atoms with Crippen LogP contribution < -0.4 is 21.2 Å². The molecule has 1 aliphatic heterocycles. The second-order valence-electron chi connectivity index (χ2n) is 1.93. The Kier molecular flexibility index (Phi) is 7.02. The molecular weight excluding hydrogens is 298 g/mol. The zero-order valence-corrected chi connectivity index (χ0v) is 8.80. The van der Waals surface area contributed by atoms with Gasteiger partial charge in [0.05, 0.1) is 0 Å². The summed E-state index contributed by atoms with van der Waals surface area (Å²) >= 11 is 0.351. The lowest BCUT2D eigenvalue weighted by Gasteiger charge is -1.94. The fourth-order valence-electron chi connectivity index (χ4n) is 0.455. The van der Waals surface area contributed by atoms with Gasteiger partial charge in [0, 0.05) is 0 Å². The predicted molar refractivity (Wildman–Crippen MR) is 42.5 cm³/mol. The van der Waals surface area contributed by atoms with Crippen molar-refractivity contribution in [3.8, 4) is 0 Å². The van der Waals surface area contributed by atoms with E-state index in [1.165, 1.54) is 4.43 Å². The average Bonchev–Trinajstić information content (AvgIpc) is 1.79. The maximum absolute atomic E-state index is 9.75. The second kappa shape index (κ2) is 7.17. The first-order chi connectivity index (χ1) is 6.00. The van der Waals surface area contributed by atoms with Gasteiger partial charge in [-0.25, -0.2) is 0 Å².